The van der Waals surface area contributed by atoms with Crippen molar-refractivity contribution in [1.82, 2.24) is 4.72 Å². The zero-order valence-corrected chi connectivity index (χ0v) is 13.1. The molecule has 1 rings (SSSR count). The summed E-state index contributed by atoms with van der Waals surface area (Å²) in [5.41, 5.74) is 0.890. The number of nitrogens with one attached hydrogen (secondary N) is 1. The average Bonchev–Trinajstić information content (AvgIpc) is 2.58. The lowest BCUT2D eigenvalue weighted by molar-refractivity contribution is -0.139. The molecule has 1 aromatic rings. The first-order chi connectivity index (χ1) is 8.63. The van der Waals surface area contributed by atoms with E-state index in [-0.39, 0.29) is 16.5 Å². The Morgan fingerprint density at radius 1 is 1.42 bits per heavy atom. The number of aliphatic carboxylic acids is 1. The van der Waals surface area contributed by atoms with E-state index >= 15 is 0 Å². The number of hydrogen-bond donors (Lipinski definition) is 2. The van der Waals surface area contributed by atoms with E-state index in [4.69, 9.17) is 5.11 Å². The molecule has 0 spiro atoms. The molecule has 0 unspecified atom stereocenters. The molecule has 5 nitrogen and oxygen atoms in total. The highest BCUT2D eigenvalue weighted by molar-refractivity contribution is 7.91. The highest BCUT2D eigenvalue weighted by Gasteiger charge is 2.27. The van der Waals surface area contributed by atoms with Crippen LogP contribution in [0.25, 0.3) is 0 Å². The minimum Gasteiger partial charge on any atom is -0.480 e. The Morgan fingerprint density at radius 2 is 2.00 bits per heavy atom. The van der Waals surface area contributed by atoms with E-state index in [0.29, 0.717) is 0 Å². The summed E-state index contributed by atoms with van der Waals surface area (Å²) in [4.78, 5) is 12.0. The molecule has 0 bridgehead atoms. The van der Waals surface area contributed by atoms with Gasteiger partial charge in [-0.2, -0.15) is 4.72 Å². The van der Waals surface area contributed by atoms with Crippen LogP contribution in [0.15, 0.2) is 10.3 Å². The number of aryl methyl sites for hydroxylation is 2. The molecular formula is C12H19NO4S2. The smallest absolute Gasteiger partial charge is 0.321 e. The lowest BCUT2D eigenvalue weighted by Crippen LogP contribution is -2.41. The first kappa shape index (κ1) is 16.1. The normalized spacial score (nSPS) is 13.7. The average molecular weight is 305 g/mol. The molecule has 0 aliphatic heterocycles. The Kier molecular flexibility index (Phi) is 5.11. The van der Waals surface area contributed by atoms with Crippen LogP contribution in [0.1, 0.15) is 30.7 Å². The summed E-state index contributed by atoms with van der Waals surface area (Å²) in [6.07, 6.45) is 0.262. The van der Waals surface area contributed by atoms with Gasteiger partial charge in [0.05, 0.1) is 0 Å². The van der Waals surface area contributed by atoms with Crippen molar-refractivity contribution in [3.8, 4) is 0 Å². The second-order valence-corrected chi connectivity index (χ2v) is 8.14. The fraction of sp³-hybridized carbons (Fsp3) is 0.583. The van der Waals surface area contributed by atoms with Gasteiger partial charge in [-0.3, -0.25) is 4.79 Å². The van der Waals surface area contributed by atoms with Gasteiger partial charge >= 0.3 is 5.97 Å². The van der Waals surface area contributed by atoms with Crippen LogP contribution in [-0.2, 0) is 14.8 Å². The molecule has 1 atom stereocenters. The molecule has 7 heteroatoms. The molecule has 19 heavy (non-hydrogen) atoms. The highest BCUT2D eigenvalue weighted by Crippen LogP contribution is 2.25. The topological polar surface area (TPSA) is 83.5 Å². The summed E-state index contributed by atoms with van der Waals surface area (Å²) in [5.74, 6) is -1.06. The van der Waals surface area contributed by atoms with E-state index in [0.717, 1.165) is 21.8 Å². The Labute approximate surface area is 117 Å². The van der Waals surface area contributed by atoms with E-state index in [1.54, 1.807) is 6.07 Å². The molecule has 2 N–H and O–H groups in total. The summed E-state index contributed by atoms with van der Waals surface area (Å²) in [6, 6.07) is 0.476. The molecule has 0 amide bonds. The van der Waals surface area contributed by atoms with Gasteiger partial charge in [0.15, 0.2) is 0 Å². The summed E-state index contributed by atoms with van der Waals surface area (Å²) in [6.45, 7) is 7.36. The van der Waals surface area contributed by atoms with Crippen molar-refractivity contribution in [3.63, 3.8) is 0 Å². The fourth-order valence-electron chi connectivity index (χ4n) is 1.59. The zero-order chi connectivity index (χ0) is 14.8. The number of carbonyl (C=O) groups is 1. The molecule has 1 heterocycles. The van der Waals surface area contributed by atoms with Gasteiger partial charge in [-0.1, -0.05) is 13.8 Å². The second-order valence-electron chi connectivity index (χ2n) is 4.95. The summed E-state index contributed by atoms with van der Waals surface area (Å²) in [7, 11) is -3.76. The van der Waals surface area contributed by atoms with Crippen LogP contribution >= 0.6 is 11.3 Å². The van der Waals surface area contributed by atoms with Gasteiger partial charge in [0.25, 0.3) is 10.0 Å². The molecule has 0 saturated carbocycles. The Balaban J connectivity index is 2.97. The third kappa shape index (κ3) is 4.29. The van der Waals surface area contributed by atoms with E-state index < -0.39 is 22.0 Å². The molecule has 0 fully saturated rings. The fourth-order valence-corrected chi connectivity index (χ4v) is 4.32. The maximum atomic E-state index is 12.1. The van der Waals surface area contributed by atoms with Crippen LogP contribution < -0.4 is 4.72 Å². The van der Waals surface area contributed by atoms with Gasteiger partial charge in [0.1, 0.15) is 10.3 Å². The number of rotatable bonds is 6. The molecule has 0 aromatic carbocycles. The molecule has 0 aliphatic carbocycles. The Morgan fingerprint density at radius 3 is 2.37 bits per heavy atom. The number of thiophene rings is 1. The first-order valence-electron chi connectivity index (χ1n) is 5.95. The van der Waals surface area contributed by atoms with Crippen LogP contribution in [0.4, 0.5) is 0 Å². The standard InChI is InChI=1S/C12H19NO4S2/c1-7(2)5-10(12(14)15)13-19(16,17)11-6-8(3)9(4)18-11/h6-7,10,13H,5H2,1-4H3,(H,14,15)/t10-/m1/s1. The number of hydrogen-bond acceptors (Lipinski definition) is 4. The van der Waals surface area contributed by atoms with Crippen molar-refractivity contribution < 1.29 is 18.3 Å². The molecule has 0 aliphatic rings. The van der Waals surface area contributed by atoms with Crippen molar-refractivity contribution in [2.24, 2.45) is 5.92 Å². The number of carboxylic acids is 1. The first-order valence-corrected chi connectivity index (χ1v) is 8.25. The van der Waals surface area contributed by atoms with Gasteiger partial charge in [0, 0.05) is 4.88 Å². The Bertz CT molecular complexity index is 541. The van der Waals surface area contributed by atoms with Crippen molar-refractivity contribution in [1.29, 1.82) is 0 Å². The van der Waals surface area contributed by atoms with Crippen LogP contribution in [0.5, 0.6) is 0 Å². The predicted octanol–water partition coefficient (Wildman–Crippen LogP) is 2.14. The van der Waals surface area contributed by atoms with Gasteiger partial charge in [0.2, 0.25) is 0 Å². The van der Waals surface area contributed by atoms with Crippen molar-refractivity contribution in [2.45, 2.75) is 44.4 Å². The van der Waals surface area contributed by atoms with Crippen LogP contribution in [0, 0.1) is 19.8 Å². The van der Waals surface area contributed by atoms with Gasteiger partial charge in [-0.15, -0.1) is 11.3 Å². The quantitative estimate of drug-likeness (QED) is 0.843. The number of sulfonamides is 1. The second kappa shape index (κ2) is 6.02. The van der Waals surface area contributed by atoms with Crippen LogP contribution in [-0.4, -0.2) is 25.5 Å². The van der Waals surface area contributed by atoms with Gasteiger partial charge in [-0.25, -0.2) is 8.42 Å². The largest absolute Gasteiger partial charge is 0.480 e. The van der Waals surface area contributed by atoms with E-state index in [9.17, 15) is 13.2 Å². The minimum atomic E-state index is -3.76. The summed E-state index contributed by atoms with van der Waals surface area (Å²) in [5, 5.41) is 9.07. The third-order valence-electron chi connectivity index (χ3n) is 2.71. The van der Waals surface area contributed by atoms with E-state index in [2.05, 4.69) is 4.72 Å². The van der Waals surface area contributed by atoms with E-state index in [1.807, 2.05) is 27.7 Å². The molecular weight excluding hydrogens is 286 g/mol. The highest BCUT2D eigenvalue weighted by atomic mass is 32.2. The lowest BCUT2D eigenvalue weighted by atomic mass is 10.1. The molecule has 1 aromatic heterocycles. The summed E-state index contributed by atoms with van der Waals surface area (Å²) >= 11 is 1.15. The monoisotopic (exact) mass is 305 g/mol. The minimum absolute atomic E-state index is 0.0932. The summed E-state index contributed by atoms with van der Waals surface area (Å²) < 4.78 is 26.7. The predicted molar refractivity (Wildman–Crippen MR) is 75.0 cm³/mol. The van der Waals surface area contributed by atoms with Gasteiger partial charge < -0.3 is 5.11 Å². The van der Waals surface area contributed by atoms with Crippen molar-refractivity contribution in [2.75, 3.05) is 0 Å². The molecule has 0 radical (unpaired) electrons. The SMILES string of the molecule is Cc1cc(S(=O)(=O)N[C@H](CC(C)C)C(=O)O)sc1C. The van der Waals surface area contributed by atoms with Crippen LogP contribution in [0.2, 0.25) is 0 Å². The number of carboxylic acid groups (broad SMARTS) is 1. The van der Waals surface area contributed by atoms with Crippen LogP contribution in [0.3, 0.4) is 0 Å². The lowest BCUT2D eigenvalue weighted by Gasteiger charge is -2.15. The third-order valence-corrected chi connectivity index (χ3v) is 5.81. The van der Waals surface area contributed by atoms with E-state index in [1.165, 1.54) is 0 Å². The van der Waals surface area contributed by atoms with Gasteiger partial charge in [-0.05, 0) is 37.8 Å². The zero-order valence-electron chi connectivity index (χ0n) is 11.4. The molecule has 0 saturated heterocycles. The maximum Gasteiger partial charge on any atom is 0.321 e. The van der Waals surface area contributed by atoms with Crippen molar-refractivity contribution >= 4 is 27.3 Å². The maximum absolute atomic E-state index is 12.1. The van der Waals surface area contributed by atoms with Crippen molar-refractivity contribution in [3.05, 3.63) is 16.5 Å². The Hall–Kier alpha value is -0.920. The molecule has 108 valence electrons.